The Morgan fingerprint density at radius 1 is 1.08 bits per heavy atom. The fraction of sp³-hybridized carbons (Fsp3) is 0.250. The molecule has 0 fully saturated rings. The second kappa shape index (κ2) is 8.29. The minimum Gasteiger partial charge on any atom is -0.491 e. The van der Waals surface area contributed by atoms with Crippen LogP contribution in [0, 0.1) is 6.92 Å². The smallest absolute Gasteiger partial charge is 0.244 e. The summed E-state index contributed by atoms with van der Waals surface area (Å²) in [6.07, 6.45) is 1.75. The van der Waals surface area contributed by atoms with Gasteiger partial charge in [0.15, 0.2) is 5.82 Å². The number of ether oxygens (including phenoxy) is 1. The highest BCUT2D eigenvalue weighted by atomic mass is 16.5. The first-order valence-corrected chi connectivity index (χ1v) is 8.61. The van der Waals surface area contributed by atoms with E-state index in [2.05, 4.69) is 50.9 Å². The van der Waals surface area contributed by atoms with Crippen molar-refractivity contribution in [2.45, 2.75) is 33.4 Å². The molecule has 134 valence electrons. The summed E-state index contributed by atoms with van der Waals surface area (Å²) >= 11 is 0. The molecule has 0 unspecified atom stereocenters. The maximum Gasteiger partial charge on any atom is 0.244 e. The van der Waals surface area contributed by atoms with E-state index in [1.165, 1.54) is 11.1 Å². The van der Waals surface area contributed by atoms with E-state index in [4.69, 9.17) is 4.74 Å². The molecular formula is C20H23N5O. The van der Waals surface area contributed by atoms with E-state index < -0.39 is 0 Å². The zero-order valence-corrected chi connectivity index (χ0v) is 15.2. The van der Waals surface area contributed by atoms with Gasteiger partial charge in [0.05, 0.1) is 12.3 Å². The standard InChI is InChI=1S/C20H23N5O/c1-14(2)26-18-9-7-17(8-10-18)23-19-13-22-25-20(24-19)21-12-16-6-4-5-15(3)11-16/h4-11,13-14H,12H2,1-3H3,(H2,21,23,24,25). The van der Waals surface area contributed by atoms with Crippen LogP contribution < -0.4 is 15.4 Å². The highest BCUT2D eigenvalue weighted by molar-refractivity contribution is 5.57. The molecule has 26 heavy (non-hydrogen) atoms. The second-order valence-electron chi connectivity index (χ2n) is 6.32. The third-order valence-electron chi connectivity index (χ3n) is 3.59. The number of anilines is 3. The zero-order chi connectivity index (χ0) is 18.4. The predicted octanol–water partition coefficient (Wildman–Crippen LogP) is 4.32. The Hall–Kier alpha value is -3.15. The largest absolute Gasteiger partial charge is 0.491 e. The molecule has 0 aliphatic carbocycles. The van der Waals surface area contributed by atoms with Crippen LogP contribution in [0.1, 0.15) is 25.0 Å². The molecular weight excluding hydrogens is 326 g/mol. The molecule has 6 heteroatoms. The summed E-state index contributed by atoms with van der Waals surface area (Å²) < 4.78 is 5.65. The highest BCUT2D eigenvalue weighted by Gasteiger charge is 2.03. The van der Waals surface area contributed by atoms with Crippen LogP contribution in [0.4, 0.5) is 17.5 Å². The van der Waals surface area contributed by atoms with Gasteiger partial charge in [-0.05, 0) is 50.6 Å². The lowest BCUT2D eigenvalue weighted by Gasteiger charge is -2.11. The molecule has 0 aliphatic rings. The Labute approximate surface area is 153 Å². The van der Waals surface area contributed by atoms with Gasteiger partial charge in [-0.2, -0.15) is 10.1 Å². The summed E-state index contributed by atoms with van der Waals surface area (Å²) in [5.74, 6) is 1.95. The third-order valence-corrected chi connectivity index (χ3v) is 3.59. The molecule has 0 amide bonds. The van der Waals surface area contributed by atoms with E-state index in [0.717, 1.165) is 11.4 Å². The summed E-state index contributed by atoms with van der Waals surface area (Å²) in [7, 11) is 0. The van der Waals surface area contributed by atoms with Crippen LogP contribution in [0.2, 0.25) is 0 Å². The molecule has 0 saturated carbocycles. The van der Waals surface area contributed by atoms with E-state index in [-0.39, 0.29) is 6.10 Å². The number of aromatic nitrogens is 3. The lowest BCUT2D eigenvalue weighted by atomic mass is 10.1. The van der Waals surface area contributed by atoms with Gasteiger partial charge in [-0.3, -0.25) is 0 Å². The number of hydrogen-bond acceptors (Lipinski definition) is 6. The van der Waals surface area contributed by atoms with Crippen molar-refractivity contribution in [1.82, 2.24) is 15.2 Å². The lowest BCUT2D eigenvalue weighted by molar-refractivity contribution is 0.242. The van der Waals surface area contributed by atoms with Gasteiger partial charge in [-0.25, -0.2) is 0 Å². The summed E-state index contributed by atoms with van der Waals surface area (Å²) in [5, 5.41) is 14.5. The SMILES string of the molecule is Cc1cccc(CNc2nncc(Nc3ccc(OC(C)C)cc3)n2)c1. The average molecular weight is 349 g/mol. The fourth-order valence-electron chi connectivity index (χ4n) is 2.48. The third kappa shape index (κ3) is 5.17. The van der Waals surface area contributed by atoms with Crippen molar-refractivity contribution in [3.05, 3.63) is 65.9 Å². The van der Waals surface area contributed by atoms with Crippen molar-refractivity contribution >= 4 is 17.5 Å². The van der Waals surface area contributed by atoms with Crippen molar-refractivity contribution in [2.75, 3.05) is 10.6 Å². The van der Waals surface area contributed by atoms with Gasteiger partial charge >= 0.3 is 0 Å². The van der Waals surface area contributed by atoms with Crippen molar-refractivity contribution < 1.29 is 4.74 Å². The van der Waals surface area contributed by atoms with Crippen molar-refractivity contribution in [3.63, 3.8) is 0 Å². The Balaban J connectivity index is 1.61. The van der Waals surface area contributed by atoms with Gasteiger partial charge in [0.2, 0.25) is 5.95 Å². The van der Waals surface area contributed by atoms with E-state index in [9.17, 15) is 0 Å². The molecule has 0 saturated heterocycles. The van der Waals surface area contributed by atoms with E-state index in [1.54, 1.807) is 6.20 Å². The molecule has 3 aromatic rings. The maximum absolute atomic E-state index is 5.65. The molecule has 1 heterocycles. The molecule has 1 aromatic heterocycles. The van der Waals surface area contributed by atoms with Crippen molar-refractivity contribution in [1.29, 1.82) is 0 Å². The van der Waals surface area contributed by atoms with Crippen LogP contribution in [0.25, 0.3) is 0 Å². The number of aryl methyl sites for hydroxylation is 1. The van der Waals surface area contributed by atoms with E-state index in [0.29, 0.717) is 18.3 Å². The van der Waals surface area contributed by atoms with Gasteiger partial charge in [-0.15, -0.1) is 5.10 Å². The Bertz CT molecular complexity index is 849. The quantitative estimate of drug-likeness (QED) is 0.662. The Kier molecular flexibility index (Phi) is 5.63. The van der Waals surface area contributed by atoms with Gasteiger partial charge < -0.3 is 15.4 Å². The molecule has 3 rings (SSSR count). The number of rotatable bonds is 7. The number of nitrogens with zero attached hydrogens (tertiary/aromatic N) is 3. The van der Waals surface area contributed by atoms with Crippen LogP contribution in [0.5, 0.6) is 5.75 Å². The Morgan fingerprint density at radius 2 is 1.88 bits per heavy atom. The molecule has 0 aliphatic heterocycles. The average Bonchev–Trinajstić information content (AvgIpc) is 2.62. The fourth-order valence-corrected chi connectivity index (χ4v) is 2.48. The van der Waals surface area contributed by atoms with E-state index in [1.807, 2.05) is 44.2 Å². The highest BCUT2D eigenvalue weighted by Crippen LogP contribution is 2.20. The molecule has 0 radical (unpaired) electrons. The first-order valence-electron chi connectivity index (χ1n) is 8.61. The first-order chi connectivity index (χ1) is 12.6. The van der Waals surface area contributed by atoms with Crippen LogP contribution in [0.3, 0.4) is 0 Å². The number of hydrogen-bond donors (Lipinski definition) is 2. The van der Waals surface area contributed by atoms with Gasteiger partial charge in [0, 0.05) is 12.2 Å². The van der Waals surface area contributed by atoms with Crippen molar-refractivity contribution in [3.8, 4) is 5.75 Å². The van der Waals surface area contributed by atoms with Crippen molar-refractivity contribution in [2.24, 2.45) is 0 Å². The minimum absolute atomic E-state index is 0.155. The minimum atomic E-state index is 0.155. The monoisotopic (exact) mass is 349 g/mol. The molecule has 0 spiro atoms. The maximum atomic E-state index is 5.65. The van der Waals surface area contributed by atoms with Crippen LogP contribution >= 0.6 is 0 Å². The van der Waals surface area contributed by atoms with Crippen LogP contribution in [0.15, 0.2) is 54.7 Å². The second-order valence-corrected chi connectivity index (χ2v) is 6.32. The lowest BCUT2D eigenvalue weighted by Crippen LogP contribution is -2.07. The first kappa shape index (κ1) is 17.7. The normalized spacial score (nSPS) is 10.6. The molecule has 2 N–H and O–H groups in total. The summed E-state index contributed by atoms with van der Waals surface area (Å²) in [6.45, 7) is 6.73. The summed E-state index contributed by atoms with van der Waals surface area (Å²) in [6, 6.07) is 16.0. The molecule has 0 atom stereocenters. The van der Waals surface area contributed by atoms with Crippen LogP contribution in [-0.2, 0) is 6.54 Å². The summed E-state index contributed by atoms with van der Waals surface area (Å²) in [5.41, 5.74) is 3.31. The van der Waals surface area contributed by atoms with Gasteiger partial charge in [0.25, 0.3) is 0 Å². The summed E-state index contributed by atoms with van der Waals surface area (Å²) in [4.78, 5) is 4.45. The molecule has 2 aromatic carbocycles. The predicted molar refractivity (Wildman–Crippen MR) is 104 cm³/mol. The van der Waals surface area contributed by atoms with E-state index >= 15 is 0 Å². The zero-order valence-electron chi connectivity index (χ0n) is 15.2. The number of benzene rings is 2. The van der Waals surface area contributed by atoms with Gasteiger partial charge in [0.1, 0.15) is 5.75 Å². The van der Waals surface area contributed by atoms with Gasteiger partial charge in [-0.1, -0.05) is 29.8 Å². The number of nitrogens with one attached hydrogen (secondary N) is 2. The van der Waals surface area contributed by atoms with Crippen LogP contribution in [-0.4, -0.2) is 21.3 Å². The Morgan fingerprint density at radius 3 is 2.62 bits per heavy atom. The molecule has 6 nitrogen and oxygen atoms in total. The molecule has 0 bridgehead atoms. The topological polar surface area (TPSA) is 72.0 Å².